The predicted molar refractivity (Wildman–Crippen MR) is 81.0 cm³/mol. The third-order valence-corrected chi connectivity index (χ3v) is 4.01. The third-order valence-electron chi connectivity index (χ3n) is 4.01. The summed E-state index contributed by atoms with van der Waals surface area (Å²) in [4.78, 5) is 14.2. The average Bonchev–Trinajstić information content (AvgIpc) is 2.96. The van der Waals surface area contributed by atoms with Crippen LogP contribution in [0.3, 0.4) is 0 Å². The molecule has 2 heterocycles. The number of carbonyl (C=O) groups is 1. The van der Waals surface area contributed by atoms with Gasteiger partial charge in [0.2, 0.25) is 5.91 Å². The van der Waals surface area contributed by atoms with Crippen LogP contribution >= 0.6 is 0 Å². The van der Waals surface area contributed by atoms with Crippen LogP contribution in [0, 0.1) is 0 Å². The average molecular weight is 294 g/mol. The number of aromatic nitrogens is 2. The van der Waals surface area contributed by atoms with E-state index in [4.69, 9.17) is 4.74 Å². The van der Waals surface area contributed by atoms with Crippen LogP contribution in [0.2, 0.25) is 0 Å². The summed E-state index contributed by atoms with van der Waals surface area (Å²) in [5.74, 6) is 0.136. The van der Waals surface area contributed by atoms with E-state index >= 15 is 0 Å². The fraction of sp³-hybridized carbons (Fsp3) is 0.733. The van der Waals surface area contributed by atoms with E-state index in [0.29, 0.717) is 19.6 Å². The van der Waals surface area contributed by atoms with Crippen LogP contribution in [0.25, 0.3) is 0 Å². The summed E-state index contributed by atoms with van der Waals surface area (Å²) < 4.78 is 7.56. The summed E-state index contributed by atoms with van der Waals surface area (Å²) in [6.07, 6.45) is 3.93. The summed E-state index contributed by atoms with van der Waals surface area (Å²) in [7, 11) is 0. The largest absolute Gasteiger partial charge is 0.372 e. The quantitative estimate of drug-likeness (QED) is 0.882. The van der Waals surface area contributed by atoms with E-state index in [2.05, 4.69) is 24.3 Å². The van der Waals surface area contributed by atoms with Gasteiger partial charge in [-0.25, -0.2) is 0 Å². The van der Waals surface area contributed by atoms with Crippen molar-refractivity contribution in [3.63, 3.8) is 0 Å². The van der Waals surface area contributed by atoms with Crippen molar-refractivity contribution in [2.75, 3.05) is 19.6 Å². The maximum Gasteiger partial charge on any atom is 0.236 e. The standard InChI is InChI=1S/C15H26N4O2/c1-11-9-18(10-12(2)21-11)15(20)8-16-13(3)14(4)19-7-5-6-17-19/h5-7,11-14,16H,8-10H2,1-4H3/t11-,12-,13-,14-/m1/s1. The van der Waals surface area contributed by atoms with Gasteiger partial charge in [0.1, 0.15) is 0 Å². The number of rotatable bonds is 5. The summed E-state index contributed by atoms with van der Waals surface area (Å²) in [5.41, 5.74) is 0. The zero-order chi connectivity index (χ0) is 15.4. The Morgan fingerprint density at radius 1 is 1.38 bits per heavy atom. The molecule has 1 N–H and O–H groups in total. The van der Waals surface area contributed by atoms with Crippen LogP contribution in [-0.4, -0.2) is 58.5 Å². The van der Waals surface area contributed by atoms with Crippen LogP contribution in [-0.2, 0) is 9.53 Å². The van der Waals surface area contributed by atoms with Gasteiger partial charge in [-0.2, -0.15) is 5.10 Å². The molecule has 2 rings (SSSR count). The lowest BCUT2D eigenvalue weighted by Gasteiger charge is -2.35. The van der Waals surface area contributed by atoms with E-state index in [1.807, 2.05) is 35.7 Å². The normalized spacial score (nSPS) is 25.6. The molecule has 6 heteroatoms. The Kier molecular flexibility index (Phi) is 5.36. The predicted octanol–water partition coefficient (Wildman–Crippen LogP) is 1.06. The minimum Gasteiger partial charge on any atom is -0.372 e. The second-order valence-electron chi connectivity index (χ2n) is 5.95. The van der Waals surface area contributed by atoms with Crippen LogP contribution in [0.5, 0.6) is 0 Å². The van der Waals surface area contributed by atoms with Crippen LogP contribution in [0.1, 0.15) is 33.7 Å². The molecule has 0 unspecified atom stereocenters. The number of morpholine rings is 1. The van der Waals surface area contributed by atoms with Gasteiger partial charge in [-0.3, -0.25) is 9.48 Å². The van der Waals surface area contributed by atoms with Gasteiger partial charge in [-0.1, -0.05) is 0 Å². The second kappa shape index (κ2) is 7.04. The first-order valence-electron chi connectivity index (χ1n) is 7.63. The van der Waals surface area contributed by atoms with Gasteiger partial charge < -0.3 is 15.0 Å². The van der Waals surface area contributed by atoms with Crippen molar-refractivity contribution in [2.24, 2.45) is 0 Å². The molecule has 1 aliphatic heterocycles. The number of nitrogens with one attached hydrogen (secondary N) is 1. The fourth-order valence-electron chi connectivity index (χ4n) is 2.66. The van der Waals surface area contributed by atoms with Crippen LogP contribution in [0.4, 0.5) is 0 Å². The highest BCUT2D eigenvalue weighted by Crippen LogP contribution is 2.11. The lowest BCUT2D eigenvalue weighted by atomic mass is 10.1. The highest BCUT2D eigenvalue weighted by Gasteiger charge is 2.26. The Bertz CT molecular complexity index is 439. The molecule has 1 aliphatic rings. The molecule has 1 amide bonds. The maximum atomic E-state index is 12.3. The van der Waals surface area contributed by atoms with Gasteiger partial charge in [-0.05, 0) is 33.8 Å². The minimum atomic E-state index is 0.109. The number of hydrogen-bond acceptors (Lipinski definition) is 4. The first-order chi connectivity index (χ1) is 9.97. The molecule has 0 radical (unpaired) electrons. The summed E-state index contributed by atoms with van der Waals surface area (Å²) in [6.45, 7) is 9.88. The van der Waals surface area contributed by atoms with E-state index in [0.717, 1.165) is 0 Å². The molecule has 21 heavy (non-hydrogen) atoms. The highest BCUT2D eigenvalue weighted by atomic mass is 16.5. The number of amides is 1. The Labute approximate surface area is 126 Å². The number of nitrogens with zero attached hydrogens (tertiary/aromatic N) is 3. The van der Waals surface area contributed by atoms with Crippen LogP contribution in [0.15, 0.2) is 18.5 Å². The Balaban J connectivity index is 1.80. The molecule has 1 fully saturated rings. The molecule has 118 valence electrons. The zero-order valence-electron chi connectivity index (χ0n) is 13.3. The van der Waals surface area contributed by atoms with Crippen molar-refractivity contribution in [1.82, 2.24) is 20.0 Å². The van der Waals surface area contributed by atoms with Crippen LogP contribution < -0.4 is 5.32 Å². The van der Waals surface area contributed by atoms with Gasteiger partial charge in [0.15, 0.2) is 0 Å². The van der Waals surface area contributed by atoms with Gasteiger partial charge in [0.25, 0.3) is 0 Å². The SMILES string of the molecule is C[C@@H]1CN(C(=O)CN[C@H](C)[C@@H](C)n2cccn2)C[C@@H](C)O1. The lowest BCUT2D eigenvalue weighted by Crippen LogP contribution is -2.51. The Morgan fingerprint density at radius 3 is 2.62 bits per heavy atom. The minimum absolute atomic E-state index is 0.109. The molecule has 0 aromatic carbocycles. The lowest BCUT2D eigenvalue weighted by molar-refractivity contribution is -0.142. The first-order valence-corrected chi connectivity index (χ1v) is 7.63. The molecular weight excluding hydrogens is 268 g/mol. The van der Waals surface area contributed by atoms with Gasteiger partial charge in [0, 0.05) is 31.5 Å². The fourth-order valence-corrected chi connectivity index (χ4v) is 2.66. The summed E-state index contributed by atoms with van der Waals surface area (Å²) >= 11 is 0. The highest BCUT2D eigenvalue weighted by molar-refractivity contribution is 5.78. The van der Waals surface area contributed by atoms with Gasteiger partial charge in [0.05, 0.1) is 24.8 Å². The van der Waals surface area contributed by atoms with Crippen molar-refractivity contribution < 1.29 is 9.53 Å². The molecule has 0 spiro atoms. The number of carbonyl (C=O) groups excluding carboxylic acids is 1. The third kappa shape index (κ3) is 4.28. The smallest absolute Gasteiger partial charge is 0.236 e. The van der Waals surface area contributed by atoms with Crippen molar-refractivity contribution in [2.45, 2.75) is 52.0 Å². The van der Waals surface area contributed by atoms with Crippen molar-refractivity contribution in [3.8, 4) is 0 Å². The van der Waals surface area contributed by atoms with Gasteiger partial charge in [-0.15, -0.1) is 0 Å². The molecule has 1 aromatic heterocycles. The number of ether oxygens (including phenoxy) is 1. The monoisotopic (exact) mass is 294 g/mol. The van der Waals surface area contributed by atoms with E-state index in [1.54, 1.807) is 6.20 Å². The Morgan fingerprint density at radius 2 is 2.05 bits per heavy atom. The molecule has 0 saturated carbocycles. The molecule has 0 aliphatic carbocycles. The number of hydrogen-bond donors (Lipinski definition) is 1. The van der Waals surface area contributed by atoms with E-state index in [-0.39, 0.29) is 30.2 Å². The van der Waals surface area contributed by atoms with E-state index < -0.39 is 0 Å². The molecule has 4 atom stereocenters. The topological polar surface area (TPSA) is 59.4 Å². The zero-order valence-corrected chi connectivity index (χ0v) is 13.3. The van der Waals surface area contributed by atoms with E-state index in [9.17, 15) is 4.79 Å². The van der Waals surface area contributed by atoms with Gasteiger partial charge >= 0.3 is 0 Å². The Hall–Kier alpha value is -1.40. The van der Waals surface area contributed by atoms with E-state index in [1.165, 1.54) is 0 Å². The molecular formula is C15H26N4O2. The summed E-state index contributed by atoms with van der Waals surface area (Å²) in [5, 5.41) is 7.54. The van der Waals surface area contributed by atoms with Crippen molar-refractivity contribution in [3.05, 3.63) is 18.5 Å². The first kappa shape index (κ1) is 16.0. The summed E-state index contributed by atoms with van der Waals surface area (Å²) in [6, 6.07) is 2.28. The molecule has 1 aromatic rings. The van der Waals surface area contributed by atoms with Crippen molar-refractivity contribution in [1.29, 1.82) is 0 Å². The second-order valence-corrected chi connectivity index (χ2v) is 5.95. The molecule has 0 bridgehead atoms. The molecule has 6 nitrogen and oxygen atoms in total. The molecule has 1 saturated heterocycles. The maximum absolute atomic E-state index is 12.3. The van der Waals surface area contributed by atoms with Crippen molar-refractivity contribution >= 4 is 5.91 Å².